The zero-order valence-corrected chi connectivity index (χ0v) is 11.3. The van der Waals surface area contributed by atoms with E-state index in [1.165, 1.54) is 13.8 Å². The van der Waals surface area contributed by atoms with Gasteiger partial charge in [0.2, 0.25) is 0 Å². The topological polar surface area (TPSA) is 61.8 Å². The lowest BCUT2D eigenvalue weighted by atomic mass is 9.97. The molecule has 5 nitrogen and oxygen atoms in total. The molecule has 0 aromatic rings. The third-order valence-corrected chi connectivity index (χ3v) is 3.12. The molecule has 0 bridgehead atoms. The van der Waals surface area contributed by atoms with Crippen LogP contribution in [0.2, 0.25) is 0 Å². The molecule has 1 rings (SSSR count). The fraction of sp³-hybridized carbons (Fsp3) is 0.846. The predicted molar refractivity (Wildman–Crippen MR) is 64.9 cm³/mol. The Bertz CT molecular complexity index is 289. The fourth-order valence-electron chi connectivity index (χ4n) is 2.19. The van der Waals surface area contributed by atoms with E-state index >= 15 is 0 Å². The van der Waals surface area contributed by atoms with Gasteiger partial charge >= 0.3 is 11.9 Å². The highest BCUT2D eigenvalue weighted by atomic mass is 16.5. The second kappa shape index (κ2) is 7.36. The van der Waals surface area contributed by atoms with E-state index < -0.39 is 0 Å². The maximum absolute atomic E-state index is 10.8. The second-order valence-corrected chi connectivity index (χ2v) is 4.63. The summed E-state index contributed by atoms with van der Waals surface area (Å²) in [5, 5.41) is 0. The number of ether oxygens (including phenoxy) is 3. The first-order valence-electron chi connectivity index (χ1n) is 6.45. The molecular weight excluding hydrogens is 236 g/mol. The van der Waals surface area contributed by atoms with E-state index in [9.17, 15) is 9.59 Å². The van der Waals surface area contributed by atoms with Gasteiger partial charge in [0.1, 0.15) is 0 Å². The smallest absolute Gasteiger partial charge is 0.302 e. The molecule has 1 fully saturated rings. The van der Waals surface area contributed by atoms with Crippen molar-refractivity contribution in [3.8, 4) is 0 Å². The summed E-state index contributed by atoms with van der Waals surface area (Å²) in [4.78, 5) is 21.5. The van der Waals surface area contributed by atoms with Crippen molar-refractivity contribution in [2.45, 2.75) is 52.2 Å². The molecule has 3 atom stereocenters. The highest BCUT2D eigenvalue weighted by molar-refractivity contribution is 5.66. The summed E-state index contributed by atoms with van der Waals surface area (Å²) in [6, 6.07) is 0. The summed E-state index contributed by atoms with van der Waals surface area (Å²) >= 11 is 0. The average Bonchev–Trinajstić information content (AvgIpc) is 2.68. The first-order chi connectivity index (χ1) is 8.52. The summed E-state index contributed by atoms with van der Waals surface area (Å²) in [5.41, 5.74) is 0. The standard InChI is InChI=1S/C13H22O5/c1-4-12-7-11(8-17-10(3)15)13(18-12)5-6-16-9(2)14/h11-13H,4-8H2,1-3H3. The van der Waals surface area contributed by atoms with Gasteiger partial charge in [-0.2, -0.15) is 0 Å². The summed E-state index contributed by atoms with van der Waals surface area (Å²) in [6.07, 6.45) is 2.72. The van der Waals surface area contributed by atoms with E-state index in [0.717, 1.165) is 12.8 Å². The van der Waals surface area contributed by atoms with Crippen LogP contribution in [0.25, 0.3) is 0 Å². The van der Waals surface area contributed by atoms with Crippen molar-refractivity contribution in [1.82, 2.24) is 0 Å². The summed E-state index contributed by atoms with van der Waals surface area (Å²) in [7, 11) is 0. The zero-order chi connectivity index (χ0) is 13.5. The maximum Gasteiger partial charge on any atom is 0.302 e. The molecule has 104 valence electrons. The first-order valence-corrected chi connectivity index (χ1v) is 6.45. The molecule has 0 aromatic heterocycles. The lowest BCUT2D eigenvalue weighted by Gasteiger charge is -2.17. The van der Waals surface area contributed by atoms with E-state index in [4.69, 9.17) is 14.2 Å². The third-order valence-electron chi connectivity index (χ3n) is 3.12. The van der Waals surface area contributed by atoms with Gasteiger partial charge < -0.3 is 14.2 Å². The summed E-state index contributed by atoms with van der Waals surface area (Å²) in [6.45, 7) is 5.60. The summed E-state index contributed by atoms with van der Waals surface area (Å²) < 4.78 is 15.8. The van der Waals surface area contributed by atoms with Gasteiger partial charge in [0.15, 0.2) is 0 Å². The van der Waals surface area contributed by atoms with E-state index in [-0.39, 0.29) is 30.1 Å². The number of hydrogen-bond donors (Lipinski definition) is 0. The Morgan fingerprint density at radius 3 is 2.44 bits per heavy atom. The zero-order valence-electron chi connectivity index (χ0n) is 11.3. The highest BCUT2D eigenvalue weighted by Gasteiger charge is 2.34. The molecule has 1 saturated heterocycles. The number of esters is 2. The van der Waals surface area contributed by atoms with Crippen molar-refractivity contribution in [1.29, 1.82) is 0 Å². The van der Waals surface area contributed by atoms with Gasteiger partial charge in [0.05, 0.1) is 25.4 Å². The van der Waals surface area contributed by atoms with Gasteiger partial charge in [0, 0.05) is 26.2 Å². The van der Waals surface area contributed by atoms with Crippen LogP contribution in [0.4, 0.5) is 0 Å². The molecule has 5 heteroatoms. The number of rotatable bonds is 6. The van der Waals surface area contributed by atoms with Gasteiger partial charge in [0.25, 0.3) is 0 Å². The molecule has 0 saturated carbocycles. The lowest BCUT2D eigenvalue weighted by Crippen LogP contribution is -2.24. The molecule has 1 aliphatic heterocycles. The number of carbonyl (C=O) groups excluding carboxylic acids is 2. The Morgan fingerprint density at radius 1 is 1.22 bits per heavy atom. The Labute approximate surface area is 108 Å². The van der Waals surface area contributed by atoms with Gasteiger partial charge in [-0.25, -0.2) is 0 Å². The van der Waals surface area contributed by atoms with E-state index in [1.807, 2.05) is 0 Å². The van der Waals surface area contributed by atoms with E-state index in [0.29, 0.717) is 19.6 Å². The predicted octanol–water partition coefficient (Wildman–Crippen LogP) is 1.69. The van der Waals surface area contributed by atoms with Crippen LogP contribution < -0.4 is 0 Å². The minimum Gasteiger partial charge on any atom is -0.466 e. The Morgan fingerprint density at radius 2 is 1.89 bits per heavy atom. The van der Waals surface area contributed by atoms with Crippen LogP contribution in [0.5, 0.6) is 0 Å². The Balaban J connectivity index is 2.39. The molecule has 0 radical (unpaired) electrons. The van der Waals surface area contributed by atoms with Crippen molar-refractivity contribution in [2.24, 2.45) is 5.92 Å². The minimum atomic E-state index is -0.281. The monoisotopic (exact) mass is 258 g/mol. The van der Waals surface area contributed by atoms with Crippen LogP contribution in [-0.2, 0) is 23.8 Å². The van der Waals surface area contributed by atoms with Crippen LogP contribution in [0.15, 0.2) is 0 Å². The van der Waals surface area contributed by atoms with Gasteiger partial charge in [-0.15, -0.1) is 0 Å². The number of hydrogen-bond acceptors (Lipinski definition) is 5. The van der Waals surface area contributed by atoms with Crippen molar-refractivity contribution >= 4 is 11.9 Å². The molecule has 0 N–H and O–H groups in total. The van der Waals surface area contributed by atoms with Crippen molar-refractivity contribution in [2.75, 3.05) is 13.2 Å². The molecular formula is C13H22O5. The van der Waals surface area contributed by atoms with Crippen molar-refractivity contribution in [3.05, 3.63) is 0 Å². The van der Waals surface area contributed by atoms with Gasteiger partial charge in [-0.1, -0.05) is 6.92 Å². The molecule has 0 aliphatic carbocycles. The van der Waals surface area contributed by atoms with Crippen LogP contribution in [0, 0.1) is 5.92 Å². The lowest BCUT2D eigenvalue weighted by molar-refractivity contribution is -0.143. The molecule has 1 aliphatic rings. The van der Waals surface area contributed by atoms with Gasteiger partial charge in [-0.3, -0.25) is 9.59 Å². The van der Waals surface area contributed by atoms with Gasteiger partial charge in [-0.05, 0) is 12.8 Å². The average molecular weight is 258 g/mol. The molecule has 0 aromatic carbocycles. The largest absolute Gasteiger partial charge is 0.466 e. The quantitative estimate of drug-likeness (QED) is 0.678. The van der Waals surface area contributed by atoms with E-state index in [1.54, 1.807) is 0 Å². The minimum absolute atomic E-state index is 0.00801. The maximum atomic E-state index is 10.8. The molecule has 18 heavy (non-hydrogen) atoms. The fourth-order valence-corrected chi connectivity index (χ4v) is 2.19. The van der Waals surface area contributed by atoms with E-state index in [2.05, 4.69) is 6.92 Å². The Kier molecular flexibility index (Phi) is 6.12. The van der Waals surface area contributed by atoms with Crippen LogP contribution in [0.3, 0.4) is 0 Å². The molecule has 0 amide bonds. The molecule has 3 unspecified atom stereocenters. The normalized spacial score (nSPS) is 26.9. The van der Waals surface area contributed by atoms with Crippen molar-refractivity contribution < 1.29 is 23.8 Å². The second-order valence-electron chi connectivity index (χ2n) is 4.63. The Hall–Kier alpha value is -1.10. The van der Waals surface area contributed by atoms with Crippen LogP contribution in [0.1, 0.15) is 40.0 Å². The third kappa shape index (κ3) is 5.04. The number of carbonyl (C=O) groups is 2. The van der Waals surface area contributed by atoms with Crippen LogP contribution in [-0.4, -0.2) is 37.4 Å². The highest BCUT2D eigenvalue weighted by Crippen LogP contribution is 2.30. The molecule has 1 heterocycles. The SMILES string of the molecule is CCC1CC(COC(C)=O)C(CCOC(C)=O)O1. The summed E-state index contributed by atoms with van der Waals surface area (Å²) in [5.74, 6) is -0.348. The van der Waals surface area contributed by atoms with Crippen LogP contribution >= 0.6 is 0 Å². The first kappa shape index (κ1) is 15.0. The molecule has 0 spiro atoms. The van der Waals surface area contributed by atoms with Crippen molar-refractivity contribution in [3.63, 3.8) is 0 Å².